The van der Waals surface area contributed by atoms with Crippen LogP contribution in [-0.4, -0.2) is 4.98 Å². The summed E-state index contributed by atoms with van der Waals surface area (Å²) in [5.74, 6) is 0. The van der Waals surface area contributed by atoms with Crippen molar-refractivity contribution in [2.24, 2.45) is 0 Å². The van der Waals surface area contributed by atoms with E-state index in [1.807, 2.05) is 6.07 Å². The fourth-order valence-electron chi connectivity index (χ4n) is 1.50. The van der Waals surface area contributed by atoms with Crippen molar-refractivity contribution in [3.63, 3.8) is 0 Å². The van der Waals surface area contributed by atoms with Crippen LogP contribution in [0.4, 0.5) is 5.69 Å². The van der Waals surface area contributed by atoms with Gasteiger partial charge in [-0.1, -0.05) is 34.8 Å². The number of anilines is 1. The minimum absolute atomic E-state index is 0.285. The van der Waals surface area contributed by atoms with Gasteiger partial charge in [0.2, 0.25) is 0 Å². The number of halogens is 3. The van der Waals surface area contributed by atoms with E-state index in [0.29, 0.717) is 32.6 Å². The first-order valence-electron chi connectivity index (χ1n) is 4.84. The van der Waals surface area contributed by atoms with Crippen molar-refractivity contribution in [1.82, 2.24) is 4.98 Å². The molecular formula is C12H6Cl3N3. The summed E-state index contributed by atoms with van der Waals surface area (Å²) >= 11 is 18.1. The summed E-state index contributed by atoms with van der Waals surface area (Å²) in [6.07, 6.45) is 1.40. The van der Waals surface area contributed by atoms with Crippen LogP contribution >= 0.6 is 34.8 Å². The third-order valence-electron chi connectivity index (χ3n) is 2.33. The zero-order valence-corrected chi connectivity index (χ0v) is 11.2. The van der Waals surface area contributed by atoms with Crippen molar-refractivity contribution in [2.75, 3.05) is 5.73 Å². The second-order valence-corrected chi connectivity index (χ2v) is 4.68. The minimum atomic E-state index is 0.285. The standard InChI is InChI=1S/C12H6Cl3N3/c13-7-1-2-8(14)11(15)10(7)12-9(17)3-6(4-16)5-18-12/h1-3,5H,17H2. The van der Waals surface area contributed by atoms with Crippen LogP contribution in [0.15, 0.2) is 24.4 Å². The van der Waals surface area contributed by atoms with Gasteiger partial charge in [0.05, 0.1) is 32.0 Å². The third-order valence-corrected chi connectivity index (χ3v) is 3.45. The summed E-state index contributed by atoms with van der Waals surface area (Å²) in [7, 11) is 0. The molecule has 18 heavy (non-hydrogen) atoms. The highest BCUT2D eigenvalue weighted by molar-refractivity contribution is 6.46. The summed E-state index contributed by atoms with van der Waals surface area (Å²) in [5.41, 5.74) is 7.40. The highest BCUT2D eigenvalue weighted by Crippen LogP contribution is 2.40. The van der Waals surface area contributed by atoms with Crippen molar-refractivity contribution in [3.8, 4) is 17.3 Å². The highest BCUT2D eigenvalue weighted by Gasteiger charge is 2.15. The van der Waals surface area contributed by atoms with E-state index in [2.05, 4.69) is 4.98 Å². The second-order valence-electron chi connectivity index (χ2n) is 3.49. The molecule has 1 aromatic heterocycles. The van der Waals surface area contributed by atoms with Crippen molar-refractivity contribution in [3.05, 3.63) is 45.0 Å². The van der Waals surface area contributed by atoms with Gasteiger partial charge in [-0.25, -0.2) is 0 Å². The Morgan fingerprint density at radius 3 is 2.44 bits per heavy atom. The van der Waals surface area contributed by atoms with Crippen LogP contribution < -0.4 is 5.73 Å². The third kappa shape index (κ3) is 2.23. The minimum Gasteiger partial charge on any atom is -0.397 e. The quantitative estimate of drug-likeness (QED) is 0.804. The molecule has 0 bridgehead atoms. The summed E-state index contributed by atoms with van der Waals surface area (Å²) in [4.78, 5) is 4.11. The summed E-state index contributed by atoms with van der Waals surface area (Å²) in [6, 6.07) is 6.67. The van der Waals surface area contributed by atoms with E-state index in [1.54, 1.807) is 12.1 Å². The zero-order valence-electron chi connectivity index (χ0n) is 8.92. The number of hydrogen-bond acceptors (Lipinski definition) is 3. The molecule has 0 spiro atoms. The van der Waals surface area contributed by atoms with Gasteiger partial charge < -0.3 is 5.73 Å². The molecule has 0 saturated carbocycles. The molecule has 0 aliphatic heterocycles. The average molecular weight is 299 g/mol. The maximum absolute atomic E-state index is 8.76. The maximum Gasteiger partial charge on any atom is 0.101 e. The molecule has 6 heteroatoms. The van der Waals surface area contributed by atoms with Gasteiger partial charge in [-0.2, -0.15) is 5.26 Å². The smallest absolute Gasteiger partial charge is 0.101 e. The van der Waals surface area contributed by atoms with Crippen molar-refractivity contribution in [2.45, 2.75) is 0 Å². The number of nitrogens with two attached hydrogens (primary N) is 1. The Bertz CT molecular complexity index is 662. The Balaban J connectivity index is 2.70. The first kappa shape index (κ1) is 13.0. The van der Waals surface area contributed by atoms with E-state index < -0.39 is 0 Å². The van der Waals surface area contributed by atoms with Crippen molar-refractivity contribution in [1.29, 1.82) is 5.26 Å². The Kier molecular flexibility index (Phi) is 3.63. The van der Waals surface area contributed by atoms with E-state index >= 15 is 0 Å². The van der Waals surface area contributed by atoms with Crippen molar-refractivity contribution >= 4 is 40.5 Å². The predicted octanol–water partition coefficient (Wildman–Crippen LogP) is 4.16. The van der Waals surface area contributed by atoms with Gasteiger partial charge in [0.1, 0.15) is 6.07 Å². The van der Waals surface area contributed by atoms with E-state index in [9.17, 15) is 0 Å². The highest BCUT2D eigenvalue weighted by atomic mass is 35.5. The molecule has 0 aliphatic rings. The lowest BCUT2D eigenvalue weighted by Gasteiger charge is -2.10. The van der Waals surface area contributed by atoms with Crippen LogP contribution in [0, 0.1) is 11.3 Å². The van der Waals surface area contributed by atoms with E-state index in [4.69, 9.17) is 45.8 Å². The molecule has 2 N–H and O–H groups in total. The SMILES string of the molecule is N#Cc1cnc(-c2c(Cl)ccc(Cl)c2Cl)c(N)c1. The fraction of sp³-hybridized carbons (Fsp3) is 0. The molecule has 0 unspecified atom stereocenters. The zero-order chi connectivity index (χ0) is 13.3. The molecule has 0 saturated heterocycles. The van der Waals surface area contributed by atoms with E-state index in [-0.39, 0.29) is 5.02 Å². The molecule has 3 nitrogen and oxygen atoms in total. The van der Waals surface area contributed by atoms with Crippen LogP contribution in [0.2, 0.25) is 15.1 Å². The molecule has 0 amide bonds. The predicted molar refractivity (Wildman–Crippen MR) is 73.8 cm³/mol. The van der Waals surface area contributed by atoms with Gasteiger partial charge in [-0.05, 0) is 18.2 Å². The van der Waals surface area contributed by atoms with Gasteiger partial charge in [0.25, 0.3) is 0 Å². The molecule has 2 rings (SSSR count). The van der Waals surface area contributed by atoms with Crippen LogP contribution in [0.3, 0.4) is 0 Å². The average Bonchev–Trinajstić information content (AvgIpc) is 2.36. The van der Waals surface area contributed by atoms with Gasteiger partial charge in [0, 0.05) is 11.8 Å². The molecule has 0 radical (unpaired) electrons. The number of aromatic nitrogens is 1. The van der Waals surface area contributed by atoms with Crippen LogP contribution in [0.1, 0.15) is 5.56 Å². The summed E-state index contributed by atoms with van der Waals surface area (Å²) in [5, 5.41) is 9.80. The first-order valence-corrected chi connectivity index (χ1v) is 5.97. The molecule has 0 atom stereocenters. The van der Waals surface area contributed by atoms with Crippen LogP contribution in [-0.2, 0) is 0 Å². The van der Waals surface area contributed by atoms with Gasteiger partial charge in [0.15, 0.2) is 0 Å². The Morgan fingerprint density at radius 1 is 1.17 bits per heavy atom. The number of hydrogen-bond donors (Lipinski definition) is 1. The second kappa shape index (κ2) is 5.03. The number of benzene rings is 1. The fourth-order valence-corrected chi connectivity index (χ4v) is 2.20. The van der Waals surface area contributed by atoms with Gasteiger partial charge in [-0.3, -0.25) is 4.98 Å². The molecule has 2 aromatic rings. The maximum atomic E-state index is 8.76. The summed E-state index contributed by atoms with van der Waals surface area (Å²) < 4.78 is 0. The van der Waals surface area contributed by atoms with Crippen molar-refractivity contribution < 1.29 is 0 Å². The molecule has 0 aliphatic carbocycles. The number of nitrogen functional groups attached to an aromatic ring is 1. The topological polar surface area (TPSA) is 62.7 Å². The van der Waals surface area contributed by atoms with E-state index in [1.165, 1.54) is 12.3 Å². The molecule has 0 fully saturated rings. The number of pyridine rings is 1. The summed E-state index contributed by atoms with van der Waals surface area (Å²) in [6.45, 7) is 0. The normalized spacial score (nSPS) is 10.1. The molecule has 1 heterocycles. The Hall–Kier alpha value is -1.47. The number of rotatable bonds is 1. The first-order chi connectivity index (χ1) is 8.54. The van der Waals surface area contributed by atoms with E-state index in [0.717, 1.165) is 0 Å². The van der Waals surface area contributed by atoms with Gasteiger partial charge in [-0.15, -0.1) is 0 Å². The van der Waals surface area contributed by atoms with Crippen LogP contribution in [0.25, 0.3) is 11.3 Å². The Labute approximate surface area is 119 Å². The number of nitriles is 1. The van der Waals surface area contributed by atoms with Gasteiger partial charge >= 0.3 is 0 Å². The van der Waals surface area contributed by atoms with Crippen LogP contribution in [0.5, 0.6) is 0 Å². The Morgan fingerprint density at radius 2 is 1.83 bits per heavy atom. The molecule has 1 aromatic carbocycles. The lowest BCUT2D eigenvalue weighted by molar-refractivity contribution is 1.30. The monoisotopic (exact) mass is 297 g/mol. The largest absolute Gasteiger partial charge is 0.397 e. The molecular weight excluding hydrogens is 293 g/mol. The molecule has 90 valence electrons. The lowest BCUT2D eigenvalue weighted by Crippen LogP contribution is -1.96. The lowest BCUT2D eigenvalue weighted by atomic mass is 10.1. The number of nitrogens with zero attached hydrogens (tertiary/aromatic N) is 2.